The molecule has 1 aromatic heterocycles. The van der Waals surface area contributed by atoms with E-state index < -0.39 is 0 Å². The number of hydrogen-bond acceptors (Lipinski definition) is 4. The molecule has 20 heavy (non-hydrogen) atoms. The Balaban J connectivity index is 1.65. The van der Waals surface area contributed by atoms with Gasteiger partial charge >= 0.3 is 0 Å². The number of nitrogens with zero attached hydrogens (tertiary/aromatic N) is 4. The molecule has 1 aromatic carbocycles. The molecule has 106 valence electrons. The number of tetrazole rings is 1. The van der Waals surface area contributed by atoms with E-state index in [1.807, 2.05) is 4.68 Å². The van der Waals surface area contributed by atoms with Crippen molar-refractivity contribution in [3.8, 4) is 0 Å². The van der Waals surface area contributed by atoms with Gasteiger partial charge in [-0.1, -0.05) is 56.8 Å². The number of hydrogen-bond donors (Lipinski definition) is 0. The lowest BCUT2D eigenvalue weighted by Crippen LogP contribution is -2.10. The Bertz CT molecular complexity index is 579. The SMILES string of the molecule is CC(C)(C)c1ccc(CSc2nnnn2C2CC2)cc1. The van der Waals surface area contributed by atoms with Crippen molar-refractivity contribution < 1.29 is 0 Å². The summed E-state index contributed by atoms with van der Waals surface area (Å²) in [5.41, 5.74) is 2.89. The first-order valence-electron chi connectivity index (χ1n) is 7.04. The summed E-state index contributed by atoms with van der Waals surface area (Å²) in [7, 11) is 0. The Morgan fingerprint density at radius 2 is 1.90 bits per heavy atom. The van der Waals surface area contributed by atoms with Crippen LogP contribution in [0.2, 0.25) is 0 Å². The summed E-state index contributed by atoms with van der Waals surface area (Å²) >= 11 is 1.72. The summed E-state index contributed by atoms with van der Waals surface area (Å²) < 4.78 is 1.97. The Morgan fingerprint density at radius 3 is 2.50 bits per heavy atom. The summed E-state index contributed by atoms with van der Waals surface area (Å²) in [6.07, 6.45) is 2.41. The highest BCUT2D eigenvalue weighted by Crippen LogP contribution is 2.36. The fraction of sp³-hybridized carbons (Fsp3) is 0.533. The largest absolute Gasteiger partial charge is 0.217 e. The maximum atomic E-state index is 4.11. The quantitative estimate of drug-likeness (QED) is 0.806. The molecular formula is C15H20N4S. The zero-order valence-electron chi connectivity index (χ0n) is 12.2. The minimum Gasteiger partial charge on any atom is -0.217 e. The van der Waals surface area contributed by atoms with Crippen molar-refractivity contribution in [2.45, 2.75) is 56.0 Å². The molecule has 1 aliphatic carbocycles. The van der Waals surface area contributed by atoms with E-state index in [-0.39, 0.29) is 5.41 Å². The third kappa shape index (κ3) is 3.03. The molecule has 4 nitrogen and oxygen atoms in total. The topological polar surface area (TPSA) is 43.6 Å². The molecule has 3 rings (SSSR count). The van der Waals surface area contributed by atoms with Crippen molar-refractivity contribution >= 4 is 11.8 Å². The van der Waals surface area contributed by atoms with Crippen LogP contribution in [0.3, 0.4) is 0 Å². The molecule has 1 saturated carbocycles. The number of thioether (sulfide) groups is 1. The Kier molecular flexibility index (Phi) is 3.54. The van der Waals surface area contributed by atoms with Crippen LogP contribution in [0.1, 0.15) is 50.8 Å². The van der Waals surface area contributed by atoms with E-state index in [1.54, 1.807) is 11.8 Å². The van der Waals surface area contributed by atoms with Crippen LogP contribution in [0.15, 0.2) is 29.4 Å². The maximum Gasteiger partial charge on any atom is 0.209 e. The van der Waals surface area contributed by atoms with Crippen LogP contribution in [0, 0.1) is 0 Å². The maximum absolute atomic E-state index is 4.11. The van der Waals surface area contributed by atoms with Gasteiger partial charge in [0.15, 0.2) is 0 Å². The van der Waals surface area contributed by atoms with E-state index in [2.05, 4.69) is 60.6 Å². The molecule has 1 heterocycles. The second-order valence-corrected chi connectivity index (χ2v) is 7.32. The fourth-order valence-corrected chi connectivity index (χ4v) is 2.98. The zero-order valence-corrected chi connectivity index (χ0v) is 13.0. The molecule has 0 unspecified atom stereocenters. The van der Waals surface area contributed by atoms with Crippen LogP contribution in [-0.4, -0.2) is 20.2 Å². The second-order valence-electron chi connectivity index (χ2n) is 6.37. The van der Waals surface area contributed by atoms with Crippen molar-refractivity contribution in [3.63, 3.8) is 0 Å². The summed E-state index contributed by atoms with van der Waals surface area (Å²) in [5, 5.41) is 12.9. The summed E-state index contributed by atoms with van der Waals surface area (Å²) in [6.45, 7) is 6.71. The lowest BCUT2D eigenvalue weighted by Gasteiger charge is -2.19. The lowest BCUT2D eigenvalue weighted by atomic mass is 9.87. The fourth-order valence-electron chi connectivity index (χ4n) is 2.08. The molecule has 0 bridgehead atoms. The van der Waals surface area contributed by atoms with Crippen LogP contribution >= 0.6 is 11.8 Å². The van der Waals surface area contributed by atoms with E-state index in [0.29, 0.717) is 6.04 Å². The summed E-state index contributed by atoms with van der Waals surface area (Å²) in [6, 6.07) is 9.40. The highest BCUT2D eigenvalue weighted by Gasteiger charge is 2.27. The molecule has 2 aromatic rings. The molecule has 0 aliphatic heterocycles. The van der Waals surface area contributed by atoms with Gasteiger partial charge in [-0.3, -0.25) is 0 Å². The molecule has 0 N–H and O–H groups in total. The third-order valence-electron chi connectivity index (χ3n) is 3.54. The molecule has 1 fully saturated rings. The predicted octanol–water partition coefficient (Wildman–Crippen LogP) is 3.60. The van der Waals surface area contributed by atoms with E-state index in [4.69, 9.17) is 0 Å². The second kappa shape index (κ2) is 5.20. The van der Waals surface area contributed by atoms with Gasteiger partial charge in [-0.05, 0) is 39.8 Å². The van der Waals surface area contributed by atoms with Gasteiger partial charge in [0.2, 0.25) is 5.16 Å². The lowest BCUT2D eigenvalue weighted by molar-refractivity contribution is 0.565. The first-order chi connectivity index (χ1) is 9.54. The number of benzene rings is 1. The van der Waals surface area contributed by atoms with Crippen molar-refractivity contribution in [3.05, 3.63) is 35.4 Å². The monoisotopic (exact) mass is 288 g/mol. The van der Waals surface area contributed by atoms with E-state index in [0.717, 1.165) is 10.9 Å². The molecule has 0 atom stereocenters. The number of rotatable bonds is 4. The average Bonchev–Trinajstić information content (AvgIpc) is 3.15. The smallest absolute Gasteiger partial charge is 0.209 e. The van der Waals surface area contributed by atoms with Crippen molar-refractivity contribution in [2.75, 3.05) is 0 Å². The Morgan fingerprint density at radius 1 is 1.20 bits per heavy atom. The molecule has 0 amide bonds. The normalized spacial score (nSPS) is 15.6. The first kappa shape index (κ1) is 13.6. The van der Waals surface area contributed by atoms with Gasteiger partial charge in [0, 0.05) is 5.75 Å². The van der Waals surface area contributed by atoms with E-state index >= 15 is 0 Å². The van der Waals surface area contributed by atoms with Gasteiger partial charge in [0.05, 0.1) is 6.04 Å². The first-order valence-corrected chi connectivity index (χ1v) is 8.03. The Labute approximate surface area is 124 Å². The van der Waals surface area contributed by atoms with E-state index in [9.17, 15) is 0 Å². The molecule has 0 saturated heterocycles. The Hall–Kier alpha value is -1.36. The standard InChI is InChI=1S/C15H20N4S/c1-15(2,3)12-6-4-11(5-7-12)10-20-14-16-17-18-19(14)13-8-9-13/h4-7,13H,8-10H2,1-3H3. The van der Waals surface area contributed by atoms with Gasteiger partial charge in [-0.25, -0.2) is 4.68 Å². The van der Waals surface area contributed by atoms with Gasteiger partial charge in [0.25, 0.3) is 0 Å². The van der Waals surface area contributed by atoms with Crippen molar-refractivity contribution in [2.24, 2.45) is 0 Å². The van der Waals surface area contributed by atoms with Crippen LogP contribution in [0.25, 0.3) is 0 Å². The van der Waals surface area contributed by atoms with Gasteiger partial charge in [-0.15, -0.1) is 5.10 Å². The van der Waals surface area contributed by atoms with Crippen molar-refractivity contribution in [1.82, 2.24) is 20.2 Å². The summed E-state index contributed by atoms with van der Waals surface area (Å²) in [4.78, 5) is 0. The number of aromatic nitrogens is 4. The van der Waals surface area contributed by atoms with Crippen LogP contribution in [0.5, 0.6) is 0 Å². The molecular weight excluding hydrogens is 268 g/mol. The molecule has 0 radical (unpaired) electrons. The van der Waals surface area contributed by atoms with Crippen LogP contribution in [-0.2, 0) is 11.2 Å². The minimum atomic E-state index is 0.210. The van der Waals surface area contributed by atoms with Crippen molar-refractivity contribution in [1.29, 1.82) is 0 Å². The van der Waals surface area contributed by atoms with Gasteiger partial charge in [0.1, 0.15) is 0 Å². The van der Waals surface area contributed by atoms with E-state index in [1.165, 1.54) is 24.0 Å². The molecule has 1 aliphatic rings. The van der Waals surface area contributed by atoms with Crippen LogP contribution < -0.4 is 0 Å². The van der Waals surface area contributed by atoms with Crippen LogP contribution in [0.4, 0.5) is 0 Å². The minimum absolute atomic E-state index is 0.210. The van der Waals surface area contributed by atoms with Gasteiger partial charge < -0.3 is 0 Å². The summed E-state index contributed by atoms with van der Waals surface area (Å²) in [5.74, 6) is 0.914. The highest BCUT2D eigenvalue weighted by molar-refractivity contribution is 7.98. The predicted molar refractivity (Wildman–Crippen MR) is 80.8 cm³/mol. The molecule has 0 spiro atoms. The third-order valence-corrected chi connectivity index (χ3v) is 4.55. The van der Waals surface area contributed by atoms with Gasteiger partial charge in [-0.2, -0.15) is 0 Å². The highest BCUT2D eigenvalue weighted by atomic mass is 32.2. The average molecular weight is 288 g/mol. The molecule has 5 heteroatoms. The zero-order chi connectivity index (χ0) is 14.2.